The second-order valence-corrected chi connectivity index (χ2v) is 34.8. The van der Waals surface area contributed by atoms with Crippen molar-refractivity contribution in [2.24, 2.45) is 0 Å². The van der Waals surface area contributed by atoms with Crippen molar-refractivity contribution in [2.45, 2.75) is 404 Å². The highest BCUT2D eigenvalue weighted by Gasteiger charge is 2.43. The molecule has 0 radical (unpaired) electrons. The van der Waals surface area contributed by atoms with Crippen molar-refractivity contribution >= 4 is 29.8 Å². The van der Waals surface area contributed by atoms with Crippen LogP contribution in [0.5, 0.6) is 17.2 Å². The summed E-state index contributed by atoms with van der Waals surface area (Å²) in [7, 11) is 0. The number of nitrogens with one attached hydrogen (secondary N) is 2. The van der Waals surface area contributed by atoms with Crippen LogP contribution >= 0.6 is 0 Å². The number of hydrogen-bond acceptors (Lipinski definition) is 10. The predicted molar refractivity (Wildman–Crippen MR) is 485 cm³/mol. The number of amides is 4. The molecule has 118 heavy (non-hydrogen) atoms. The summed E-state index contributed by atoms with van der Waals surface area (Å²) in [5.41, 5.74) is 7.22. The van der Waals surface area contributed by atoms with Crippen molar-refractivity contribution in [2.75, 3.05) is 39.5 Å². The lowest BCUT2D eigenvalue weighted by atomic mass is 9.98. The summed E-state index contributed by atoms with van der Waals surface area (Å²) in [5.74, 6) is 1.05. The summed E-state index contributed by atoms with van der Waals surface area (Å²) in [5, 5.41) is 5.81. The van der Waals surface area contributed by atoms with Crippen molar-refractivity contribution in [1.29, 1.82) is 0 Å². The van der Waals surface area contributed by atoms with Gasteiger partial charge in [-0.25, -0.2) is 9.59 Å². The molecular formula is C104H158N4O10. The lowest BCUT2D eigenvalue weighted by Gasteiger charge is -2.34. The van der Waals surface area contributed by atoms with E-state index in [0.717, 1.165) is 96.9 Å². The van der Waals surface area contributed by atoms with Gasteiger partial charge in [-0.15, -0.1) is 0 Å². The van der Waals surface area contributed by atoms with Gasteiger partial charge in [-0.3, -0.25) is 14.4 Å². The van der Waals surface area contributed by atoms with Crippen molar-refractivity contribution in [3.05, 3.63) is 149 Å². The number of hydrogen-bond donors (Lipinski definition) is 2. The number of carbonyl (C=O) groups excluding carboxylic acids is 5. The Morgan fingerprint density at radius 2 is 0.805 bits per heavy atom. The Labute approximate surface area is 715 Å². The first kappa shape index (κ1) is 96.1. The lowest BCUT2D eigenvalue weighted by molar-refractivity contribution is -0.155. The van der Waals surface area contributed by atoms with E-state index < -0.39 is 30.2 Å². The van der Waals surface area contributed by atoms with Crippen LogP contribution in [0.15, 0.2) is 121 Å². The Kier molecular flexibility index (Phi) is 49.0. The molecule has 3 saturated heterocycles. The van der Waals surface area contributed by atoms with Crippen LogP contribution in [-0.2, 0) is 48.1 Å². The van der Waals surface area contributed by atoms with E-state index in [0.29, 0.717) is 62.9 Å². The number of piperazine rings is 1. The second kappa shape index (κ2) is 60.2. The van der Waals surface area contributed by atoms with Crippen molar-refractivity contribution in [3.8, 4) is 28.4 Å². The average Bonchev–Trinajstić information content (AvgIpc) is 1.61. The maximum Gasteiger partial charge on any atom is 0.407 e. The van der Waals surface area contributed by atoms with Crippen molar-refractivity contribution in [3.63, 3.8) is 0 Å². The minimum absolute atomic E-state index is 0.00744. The Balaban J connectivity index is 0.000000838. The third kappa shape index (κ3) is 36.5. The molecule has 14 heteroatoms. The smallest absolute Gasteiger partial charge is 0.407 e. The fourth-order valence-corrected chi connectivity index (χ4v) is 17.9. The summed E-state index contributed by atoms with van der Waals surface area (Å²) in [6, 6.07) is 37.6. The van der Waals surface area contributed by atoms with Gasteiger partial charge in [0.1, 0.15) is 37.4 Å². The molecule has 4 aliphatic rings. The molecule has 0 spiro atoms. The molecule has 4 atom stereocenters. The number of benzene rings is 5. The molecule has 4 unspecified atom stereocenters. The van der Waals surface area contributed by atoms with Crippen molar-refractivity contribution < 1.29 is 47.7 Å². The predicted octanol–water partition coefficient (Wildman–Crippen LogP) is 26.5. The Morgan fingerprint density at radius 1 is 0.424 bits per heavy atom. The molecule has 5 aromatic carbocycles. The van der Waals surface area contributed by atoms with E-state index in [1.807, 2.05) is 97.1 Å². The number of rotatable bonds is 65. The number of carbonyl (C=O) groups is 5. The van der Waals surface area contributed by atoms with Gasteiger partial charge >= 0.3 is 12.1 Å². The standard InChI is InChI=1S/C90H142N2O8.C14H16N2O2/c1-4-7-10-13-16-19-22-25-28-31-34-37-40-43-46-56-68-96-85-72-77(73-86(97-69-57-47-44-41-38-35-32-29-26-23-20-17-14-11-8-5-2)87(85)98-70-58-48-45-42-39-36-33-30-27-24-21-18-15-12-9-6-3)74-99-89(94)84-66-59-67-92(84)88(93)83(71-76-60-50-49-51-61-76)91-90(95)100-75-82-80-64-54-52-62-78(80)79-63-53-55-65-81(79)82;17-13-12-7-4-8-16(12)14(18)11(15-13)9-10-5-2-1-3-6-10/h49-55,60-65,72-73,82-84H,4-48,56-59,66-71,74-75H2,1-3H3,(H,91,95);1-3,5-6,11-12H,4,7-9H2,(H,15,17). The molecule has 0 saturated carbocycles. The highest BCUT2D eigenvalue weighted by Crippen LogP contribution is 2.45. The van der Waals surface area contributed by atoms with E-state index in [4.69, 9.17) is 23.7 Å². The highest BCUT2D eigenvalue weighted by atomic mass is 16.6. The first-order valence-corrected chi connectivity index (χ1v) is 48.5. The Bertz CT molecular complexity index is 3410. The van der Waals surface area contributed by atoms with Crippen LogP contribution in [0.4, 0.5) is 4.79 Å². The number of unbranched alkanes of at least 4 members (excludes halogenated alkanes) is 45. The van der Waals surface area contributed by atoms with Crippen LogP contribution in [0, 0.1) is 0 Å². The Morgan fingerprint density at radius 3 is 1.24 bits per heavy atom. The van der Waals surface area contributed by atoms with Gasteiger partial charge in [0.25, 0.3) is 0 Å². The van der Waals surface area contributed by atoms with Gasteiger partial charge in [0.15, 0.2) is 11.5 Å². The number of fused-ring (bicyclic) bond motifs is 4. The molecule has 0 aromatic heterocycles. The van der Waals surface area contributed by atoms with Gasteiger partial charge in [0.05, 0.1) is 19.8 Å². The first-order chi connectivity index (χ1) is 58.2. The summed E-state index contributed by atoms with van der Waals surface area (Å²) >= 11 is 0. The summed E-state index contributed by atoms with van der Waals surface area (Å²) < 4.78 is 32.5. The van der Waals surface area contributed by atoms with Crippen LogP contribution in [-0.4, -0.2) is 103 Å². The van der Waals surface area contributed by atoms with Gasteiger partial charge in [0, 0.05) is 31.8 Å². The fraction of sp³-hybridized carbons (Fsp3) is 0.663. The van der Waals surface area contributed by atoms with Gasteiger partial charge in [-0.1, -0.05) is 419 Å². The first-order valence-electron chi connectivity index (χ1n) is 48.5. The molecule has 3 heterocycles. The minimum atomic E-state index is -0.971. The van der Waals surface area contributed by atoms with E-state index in [1.165, 1.54) is 270 Å². The Hall–Kier alpha value is -7.35. The number of esters is 1. The maximum absolute atomic E-state index is 14.8. The number of likely N-dealkylation sites (tertiary alicyclic amines) is 1. The quantitative estimate of drug-likeness (QED) is 0.0283. The van der Waals surface area contributed by atoms with E-state index >= 15 is 0 Å². The maximum atomic E-state index is 14.8. The third-order valence-electron chi connectivity index (χ3n) is 25.0. The molecule has 2 N–H and O–H groups in total. The summed E-state index contributed by atoms with van der Waals surface area (Å²) in [6.07, 6.45) is 66.0. The number of ether oxygens (including phenoxy) is 5. The normalized spacial score (nSPS) is 15.7. The van der Waals surface area contributed by atoms with E-state index in [2.05, 4.69) is 55.7 Å². The second-order valence-electron chi connectivity index (χ2n) is 34.8. The van der Waals surface area contributed by atoms with E-state index in [-0.39, 0.29) is 49.3 Å². The highest BCUT2D eigenvalue weighted by molar-refractivity contribution is 5.97. The largest absolute Gasteiger partial charge is 0.490 e. The molecule has 9 rings (SSSR count). The van der Waals surface area contributed by atoms with Gasteiger partial charge in [0.2, 0.25) is 23.5 Å². The topological polar surface area (TPSA) is 162 Å². The van der Waals surface area contributed by atoms with Crippen molar-refractivity contribution in [1.82, 2.24) is 20.4 Å². The molecule has 0 bridgehead atoms. The molecule has 1 aliphatic carbocycles. The van der Waals surface area contributed by atoms with Crippen LogP contribution in [0.3, 0.4) is 0 Å². The summed E-state index contributed by atoms with van der Waals surface area (Å²) in [4.78, 5) is 70.7. The van der Waals surface area contributed by atoms with E-state index in [9.17, 15) is 24.0 Å². The van der Waals surface area contributed by atoms with Gasteiger partial charge in [-0.05, 0) is 96.0 Å². The molecule has 4 amide bonds. The SMILES string of the molecule is CCCCCCCCCCCCCCCCCCOc1cc(COC(=O)C2CCCN2C(=O)C(Cc2ccccc2)NC(=O)OCC2c3ccccc3-c3ccccc32)cc(OCCCCCCCCCCCCCCCCCC)c1OCCCCCCCCCCCCCCCCCC.O=C1NC(Cc2ccccc2)C(=O)N2CCCC12. The molecular weight excluding hydrogens is 1470 g/mol. The zero-order chi connectivity index (χ0) is 82.9. The monoisotopic (exact) mass is 1620 g/mol. The van der Waals surface area contributed by atoms with Crippen LogP contribution < -0.4 is 24.8 Å². The van der Waals surface area contributed by atoms with Gasteiger partial charge < -0.3 is 44.1 Å². The zero-order valence-electron chi connectivity index (χ0n) is 74.0. The number of alkyl carbamates (subject to hydrolysis) is 1. The molecule has 3 fully saturated rings. The zero-order valence-corrected chi connectivity index (χ0v) is 74.0. The van der Waals surface area contributed by atoms with Crippen LogP contribution in [0.2, 0.25) is 0 Å². The van der Waals surface area contributed by atoms with Gasteiger partial charge in [-0.2, -0.15) is 0 Å². The molecule has 14 nitrogen and oxygen atoms in total. The fourth-order valence-electron chi connectivity index (χ4n) is 17.9. The lowest BCUT2D eigenvalue weighted by Crippen LogP contribution is -2.61. The minimum Gasteiger partial charge on any atom is -0.490 e. The van der Waals surface area contributed by atoms with Crippen LogP contribution in [0.25, 0.3) is 11.1 Å². The number of nitrogens with zero attached hydrogens (tertiary/aromatic N) is 2. The third-order valence-corrected chi connectivity index (χ3v) is 25.0. The molecule has 654 valence electrons. The summed E-state index contributed by atoms with van der Waals surface area (Å²) in [6.45, 7) is 9.77. The van der Waals surface area contributed by atoms with E-state index in [1.54, 1.807) is 9.80 Å². The molecule has 5 aromatic rings. The van der Waals surface area contributed by atoms with Crippen LogP contribution in [0.1, 0.15) is 388 Å². The average molecular weight is 1620 g/mol. The molecule has 3 aliphatic heterocycles.